The molecule has 7 heteroatoms. The lowest BCUT2D eigenvalue weighted by Crippen LogP contribution is -1.98. The molecule has 2 heterocycles. The first-order valence-electron chi connectivity index (χ1n) is 6.69. The molecule has 0 aliphatic rings. The molecular formula is C15H13ClN2O3S. The summed E-state index contributed by atoms with van der Waals surface area (Å²) in [6.07, 6.45) is 0. The van der Waals surface area contributed by atoms with Crippen molar-refractivity contribution < 1.29 is 9.15 Å². The lowest BCUT2D eigenvalue weighted by Gasteiger charge is -2.06. The van der Waals surface area contributed by atoms with Gasteiger partial charge in [0.2, 0.25) is 0 Å². The van der Waals surface area contributed by atoms with Crippen LogP contribution < -0.4 is 10.4 Å². The van der Waals surface area contributed by atoms with E-state index in [0.29, 0.717) is 21.5 Å². The maximum absolute atomic E-state index is 11.5. The molecule has 3 aromatic rings. The number of hydrogen-bond donors (Lipinski definition) is 0. The first-order valence-corrected chi connectivity index (χ1v) is 7.84. The predicted octanol–water partition coefficient (Wildman–Crippen LogP) is 4.52. The van der Waals surface area contributed by atoms with Gasteiger partial charge in [0.25, 0.3) is 5.19 Å². The van der Waals surface area contributed by atoms with Crippen LogP contribution in [0.3, 0.4) is 0 Å². The van der Waals surface area contributed by atoms with Crippen molar-refractivity contribution in [3.63, 3.8) is 0 Å². The minimum atomic E-state index is -0.406. The molecule has 2 aromatic heterocycles. The van der Waals surface area contributed by atoms with Crippen molar-refractivity contribution in [2.24, 2.45) is 0 Å². The second-order valence-electron chi connectivity index (χ2n) is 5.20. The third kappa shape index (κ3) is 2.84. The van der Waals surface area contributed by atoms with Crippen LogP contribution in [-0.4, -0.2) is 9.36 Å². The summed E-state index contributed by atoms with van der Waals surface area (Å²) in [6, 6.07) is 4.75. The van der Waals surface area contributed by atoms with Gasteiger partial charge in [-0.2, -0.15) is 9.36 Å². The average molecular weight is 337 g/mol. The van der Waals surface area contributed by atoms with E-state index in [9.17, 15) is 4.79 Å². The summed E-state index contributed by atoms with van der Waals surface area (Å²) in [5.41, 5.74) is 0.826. The smallest absolute Gasteiger partial charge is 0.336 e. The number of fused-ring (bicyclic) bond motifs is 1. The quantitative estimate of drug-likeness (QED) is 0.658. The number of ether oxygens (including phenoxy) is 1. The van der Waals surface area contributed by atoms with Gasteiger partial charge in [-0.1, -0.05) is 25.4 Å². The van der Waals surface area contributed by atoms with Gasteiger partial charge >= 0.3 is 5.63 Å². The monoisotopic (exact) mass is 336 g/mol. The maximum atomic E-state index is 11.5. The fourth-order valence-corrected chi connectivity index (χ4v) is 2.88. The molecule has 22 heavy (non-hydrogen) atoms. The molecule has 0 saturated heterocycles. The van der Waals surface area contributed by atoms with Crippen molar-refractivity contribution in [1.29, 1.82) is 0 Å². The highest BCUT2D eigenvalue weighted by Gasteiger charge is 2.13. The van der Waals surface area contributed by atoms with Crippen LogP contribution >= 0.6 is 23.1 Å². The summed E-state index contributed by atoms with van der Waals surface area (Å²) in [5.74, 6) is 1.33. The van der Waals surface area contributed by atoms with E-state index in [0.717, 1.165) is 28.3 Å². The molecule has 0 unspecified atom stereocenters. The molecule has 3 rings (SSSR count). The Labute approximate surface area is 135 Å². The summed E-state index contributed by atoms with van der Waals surface area (Å²) >= 11 is 7.40. The lowest BCUT2D eigenvalue weighted by molar-refractivity contribution is 0.474. The van der Waals surface area contributed by atoms with E-state index < -0.39 is 5.63 Å². The molecule has 114 valence electrons. The number of hydrogen-bond acceptors (Lipinski definition) is 6. The third-order valence-electron chi connectivity index (χ3n) is 3.14. The van der Waals surface area contributed by atoms with E-state index in [1.165, 1.54) is 6.07 Å². The van der Waals surface area contributed by atoms with E-state index in [2.05, 4.69) is 9.36 Å². The fraction of sp³-hybridized carbons (Fsp3) is 0.267. The van der Waals surface area contributed by atoms with Crippen LogP contribution in [0.25, 0.3) is 11.0 Å². The molecule has 0 amide bonds. The Morgan fingerprint density at radius 1 is 1.32 bits per heavy atom. The number of halogens is 1. The highest BCUT2D eigenvalue weighted by atomic mass is 35.5. The van der Waals surface area contributed by atoms with E-state index in [-0.39, 0.29) is 5.92 Å². The van der Waals surface area contributed by atoms with Crippen LogP contribution in [-0.2, 0) is 0 Å². The third-order valence-corrected chi connectivity index (χ3v) is 4.05. The van der Waals surface area contributed by atoms with E-state index >= 15 is 0 Å². The second kappa shape index (κ2) is 5.70. The van der Waals surface area contributed by atoms with Crippen molar-refractivity contribution >= 4 is 34.1 Å². The van der Waals surface area contributed by atoms with Gasteiger partial charge in [-0.25, -0.2) is 4.79 Å². The van der Waals surface area contributed by atoms with E-state index in [1.54, 1.807) is 12.1 Å². The van der Waals surface area contributed by atoms with Crippen molar-refractivity contribution in [3.05, 3.63) is 45.0 Å². The molecule has 0 radical (unpaired) electrons. The Hall–Kier alpha value is -1.92. The molecule has 0 aliphatic carbocycles. The topological polar surface area (TPSA) is 65.2 Å². The highest BCUT2D eigenvalue weighted by molar-refractivity contribution is 7.07. The fourth-order valence-electron chi connectivity index (χ4n) is 1.99. The Kier molecular flexibility index (Phi) is 3.88. The number of aryl methyl sites for hydroxylation is 1. The largest absolute Gasteiger partial charge is 0.428 e. The van der Waals surface area contributed by atoms with Crippen LogP contribution in [0.4, 0.5) is 0 Å². The van der Waals surface area contributed by atoms with Gasteiger partial charge in [0.05, 0.1) is 5.02 Å². The normalized spacial score (nSPS) is 11.3. The van der Waals surface area contributed by atoms with Gasteiger partial charge in [0.1, 0.15) is 11.4 Å². The molecule has 0 N–H and O–H groups in total. The Balaban J connectivity index is 2.03. The van der Waals surface area contributed by atoms with Gasteiger partial charge in [-0.05, 0) is 18.6 Å². The first-order chi connectivity index (χ1) is 10.4. The molecule has 5 nitrogen and oxygen atoms in total. The molecule has 0 saturated carbocycles. The minimum Gasteiger partial charge on any atom is -0.428 e. The molecule has 0 spiro atoms. The highest BCUT2D eigenvalue weighted by Crippen LogP contribution is 2.35. The van der Waals surface area contributed by atoms with Crippen molar-refractivity contribution in [2.45, 2.75) is 26.7 Å². The first kappa shape index (κ1) is 15.0. The number of nitrogens with zero attached hydrogens (tertiary/aromatic N) is 2. The summed E-state index contributed by atoms with van der Waals surface area (Å²) < 4.78 is 15.1. The van der Waals surface area contributed by atoms with E-state index in [1.807, 2.05) is 20.8 Å². The van der Waals surface area contributed by atoms with Crippen LogP contribution in [0.15, 0.2) is 27.4 Å². The summed E-state index contributed by atoms with van der Waals surface area (Å²) in [7, 11) is 0. The summed E-state index contributed by atoms with van der Waals surface area (Å²) in [6.45, 7) is 5.84. The van der Waals surface area contributed by atoms with Crippen molar-refractivity contribution in [2.75, 3.05) is 0 Å². The van der Waals surface area contributed by atoms with Crippen molar-refractivity contribution in [3.8, 4) is 10.9 Å². The SMILES string of the molecule is Cc1cc(=O)oc2cc(Oc3nc(C(C)C)ns3)c(Cl)cc12. The van der Waals surface area contributed by atoms with Crippen LogP contribution in [0.2, 0.25) is 5.02 Å². The van der Waals surface area contributed by atoms with Gasteiger partial charge in [-0.15, -0.1) is 0 Å². The zero-order valence-corrected chi connectivity index (χ0v) is 13.8. The minimum absolute atomic E-state index is 0.223. The molecule has 0 atom stereocenters. The second-order valence-corrected chi connectivity index (χ2v) is 6.32. The van der Waals surface area contributed by atoms with Crippen LogP contribution in [0, 0.1) is 6.92 Å². The van der Waals surface area contributed by atoms with Crippen LogP contribution in [0.1, 0.15) is 31.2 Å². The van der Waals surface area contributed by atoms with Gasteiger partial charge in [-0.3, -0.25) is 0 Å². The number of benzene rings is 1. The van der Waals surface area contributed by atoms with Gasteiger partial charge in [0.15, 0.2) is 5.75 Å². The summed E-state index contributed by atoms with van der Waals surface area (Å²) in [4.78, 5) is 15.8. The van der Waals surface area contributed by atoms with Gasteiger partial charge < -0.3 is 9.15 Å². The molecule has 1 aromatic carbocycles. The zero-order chi connectivity index (χ0) is 15.9. The Morgan fingerprint density at radius 2 is 2.09 bits per heavy atom. The van der Waals surface area contributed by atoms with Crippen LogP contribution in [0.5, 0.6) is 10.9 Å². The number of aromatic nitrogens is 2. The molecule has 0 fully saturated rings. The Bertz CT molecular complexity index is 901. The van der Waals surface area contributed by atoms with Gasteiger partial charge in [0, 0.05) is 35.0 Å². The predicted molar refractivity (Wildman–Crippen MR) is 86.3 cm³/mol. The molecule has 0 aliphatic heterocycles. The van der Waals surface area contributed by atoms with Crippen molar-refractivity contribution in [1.82, 2.24) is 9.36 Å². The average Bonchev–Trinajstić information content (AvgIpc) is 2.89. The molecule has 0 bridgehead atoms. The Morgan fingerprint density at radius 3 is 2.77 bits per heavy atom. The molecular weight excluding hydrogens is 324 g/mol. The zero-order valence-electron chi connectivity index (χ0n) is 12.2. The summed E-state index contributed by atoms with van der Waals surface area (Å²) in [5, 5.41) is 1.60. The lowest BCUT2D eigenvalue weighted by atomic mass is 10.1. The number of rotatable bonds is 3. The van der Waals surface area contributed by atoms with E-state index in [4.69, 9.17) is 20.8 Å². The standard InChI is InChI=1S/C15H13ClN2O3S/c1-7(2)14-17-15(22-18-14)21-12-6-11-9(5-10(12)16)8(3)4-13(19)20-11/h4-7H,1-3H3. The maximum Gasteiger partial charge on any atom is 0.336 e.